The van der Waals surface area contributed by atoms with Crippen LogP contribution >= 0.6 is 11.3 Å². The molecule has 0 amide bonds. The number of benzene rings is 1. The van der Waals surface area contributed by atoms with Crippen molar-refractivity contribution in [2.24, 2.45) is 0 Å². The molecule has 0 saturated heterocycles. The van der Waals surface area contributed by atoms with Crippen LogP contribution in [0.25, 0.3) is 5.69 Å². The van der Waals surface area contributed by atoms with Crippen LogP contribution in [0.4, 0.5) is 0 Å². The van der Waals surface area contributed by atoms with E-state index in [-0.39, 0.29) is 11.4 Å². The summed E-state index contributed by atoms with van der Waals surface area (Å²) in [5, 5.41) is 17.3. The Hall–Kier alpha value is -2.60. The van der Waals surface area contributed by atoms with Gasteiger partial charge in [-0.2, -0.15) is 16.4 Å². The van der Waals surface area contributed by atoms with Gasteiger partial charge in [-0.1, -0.05) is 18.2 Å². The van der Waals surface area contributed by atoms with E-state index >= 15 is 0 Å². The Bertz CT molecular complexity index is 736. The number of hydrogen-bond donors (Lipinski definition) is 1. The van der Waals surface area contributed by atoms with Gasteiger partial charge in [-0.15, -0.1) is 0 Å². The van der Waals surface area contributed by atoms with Gasteiger partial charge in [0.15, 0.2) is 0 Å². The SMILES string of the molecule is O=C(O)c1cnn(-c2ccccc2)c1OCc1ccsc1. The summed E-state index contributed by atoms with van der Waals surface area (Å²) in [4.78, 5) is 11.3. The molecule has 3 rings (SSSR count). The summed E-state index contributed by atoms with van der Waals surface area (Å²) in [6.07, 6.45) is 1.30. The van der Waals surface area contributed by atoms with Crippen LogP contribution in [0, 0.1) is 0 Å². The van der Waals surface area contributed by atoms with E-state index in [1.807, 2.05) is 47.2 Å². The molecule has 21 heavy (non-hydrogen) atoms. The van der Waals surface area contributed by atoms with Crippen LogP contribution in [0.3, 0.4) is 0 Å². The first-order valence-corrected chi connectivity index (χ1v) is 7.20. The number of para-hydroxylation sites is 1. The van der Waals surface area contributed by atoms with Gasteiger partial charge in [0.1, 0.15) is 12.2 Å². The molecule has 0 aliphatic carbocycles. The molecule has 2 heterocycles. The zero-order valence-corrected chi connectivity index (χ0v) is 11.8. The molecule has 1 N–H and O–H groups in total. The summed E-state index contributed by atoms with van der Waals surface area (Å²) < 4.78 is 7.19. The number of aromatic nitrogens is 2. The van der Waals surface area contributed by atoms with Crippen LogP contribution in [0.2, 0.25) is 0 Å². The second-order valence-electron chi connectivity index (χ2n) is 4.34. The van der Waals surface area contributed by atoms with Crippen LogP contribution in [-0.2, 0) is 6.61 Å². The minimum Gasteiger partial charge on any atom is -0.477 e. The maximum Gasteiger partial charge on any atom is 0.342 e. The Morgan fingerprint density at radius 1 is 1.29 bits per heavy atom. The highest BCUT2D eigenvalue weighted by atomic mass is 32.1. The lowest BCUT2D eigenvalue weighted by atomic mass is 10.3. The minimum absolute atomic E-state index is 0.0501. The van der Waals surface area contributed by atoms with Crippen molar-refractivity contribution in [1.82, 2.24) is 9.78 Å². The Labute approximate surface area is 125 Å². The van der Waals surface area contributed by atoms with E-state index < -0.39 is 5.97 Å². The van der Waals surface area contributed by atoms with Crippen LogP contribution in [0.1, 0.15) is 15.9 Å². The fourth-order valence-corrected chi connectivity index (χ4v) is 2.56. The van der Waals surface area contributed by atoms with Crippen LogP contribution < -0.4 is 4.74 Å². The minimum atomic E-state index is -1.06. The predicted octanol–water partition coefficient (Wildman–Crippen LogP) is 3.21. The third-order valence-electron chi connectivity index (χ3n) is 2.91. The topological polar surface area (TPSA) is 64.3 Å². The first-order chi connectivity index (χ1) is 10.3. The molecule has 0 fully saturated rings. The van der Waals surface area contributed by atoms with Crippen molar-refractivity contribution in [2.75, 3.05) is 0 Å². The zero-order valence-electron chi connectivity index (χ0n) is 11.0. The normalized spacial score (nSPS) is 10.5. The number of hydrogen-bond acceptors (Lipinski definition) is 4. The highest BCUT2D eigenvalue weighted by Crippen LogP contribution is 2.24. The highest BCUT2D eigenvalue weighted by Gasteiger charge is 2.19. The van der Waals surface area contributed by atoms with E-state index in [0.717, 1.165) is 11.3 Å². The van der Waals surface area contributed by atoms with Gasteiger partial charge in [0.05, 0.1) is 11.9 Å². The molecule has 1 aromatic carbocycles. The van der Waals surface area contributed by atoms with Gasteiger partial charge >= 0.3 is 5.97 Å². The molecule has 0 aliphatic heterocycles. The number of carboxylic acid groups (broad SMARTS) is 1. The number of carbonyl (C=O) groups is 1. The van der Waals surface area contributed by atoms with Crippen molar-refractivity contribution in [1.29, 1.82) is 0 Å². The fraction of sp³-hybridized carbons (Fsp3) is 0.0667. The number of nitrogens with zero attached hydrogens (tertiary/aromatic N) is 2. The lowest BCUT2D eigenvalue weighted by molar-refractivity contribution is 0.0691. The summed E-state index contributed by atoms with van der Waals surface area (Å²) >= 11 is 1.57. The van der Waals surface area contributed by atoms with Crippen LogP contribution in [0.5, 0.6) is 5.88 Å². The first kappa shape index (κ1) is 13.4. The largest absolute Gasteiger partial charge is 0.477 e. The monoisotopic (exact) mass is 300 g/mol. The Morgan fingerprint density at radius 2 is 2.10 bits per heavy atom. The third-order valence-corrected chi connectivity index (χ3v) is 3.64. The number of thiophene rings is 1. The molecule has 5 nitrogen and oxygen atoms in total. The van der Waals surface area contributed by atoms with E-state index in [1.54, 1.807) is 11.3 Å². The van der Waals surface area contributed by atoms with E-state index in [1.165, 1.54) is 10.9 Å². The highest BCUT2D eigenvalue weighted by molar-refractivity contribution is 7.07. The zero-order chi connectivity index (χ0) is 14.7. The number of aromatic carboxylic acids is 1. The molecular weight excluding hydrogens is 288 g/mol. The van der Waals surface area contributed by atoms with Crippen molar-refractivity contribution in [3.8, 4) is 11.6 Å². The lowest BCUT2D eigenvalue weighted by Crippen LogP contribution is -2.06. The van der Waals surface area contributed by atoms with E-state index in [4.69, 9.17) is 4.74 Å². The second-order valence-corrected chi connectivity index (χ2v) is 5.12. The first-order valence-electron chi connectivity index (χ1n) is 6.26. The van der Waals surface area contributed by atoms with E-state index in [9.17, 15) is 9.90 Å². The molecule has 6 heteroatoms. The molecule has 2 aromatic heterocycles. The lowest BCUT2D eigenvalue weighted by Gasteiger charge is -2.09. The van der Waals surface area contributed by atoms with Crippen molar-refractivity contribution < 1.29 is 14.6 Å². The number of carboxylic acids is 1. The van der Waals surface area contributed by atoms with Crippen molar-refractivity contribution in [3.05, 3.63) is 64.5 Å². The molecule has 3 aromatic rings. The molecular formula is C15H12N2O3S. The fourth-order valence-electron chi connectivity index (χ4n) is 1.90. The van der Waals surface area contributed by atoms with Gasteiger partial charge < -0.3 is 9.84 Å². The second kappa shape index (κ2) is 5.80. The van der Waals surface area contributed by atoms with Gasteiger partial charge in [-0.3, -0.25) is 0 Å². The summed E-state index contributed by atoms with van der Waals surface area (Å²) in [7, 11) is 0. The predicted molar refractivity (Wildman–Crippen MR) is 79.2 cm³/mol. The summed E-state index contributed by atoms with van der Waals surface area (Å²) in [5.41, 5.74) is 1.80. The van der Waals surface area contributed by atoms with Gasteiger partial charge in [-0.05, 0) is 29.0 Å². The summed E-state index contributed by atoms with van der Waals surface area (Å²) in [6, 6.07) is 11.2. The van der Waals surface area contributed by atoms with Gasteiger partial charge in [0.25, 0.3) is 0 Å². The molecule has 0 radical (unpaired) electrons. The molecule has 0 unspecified atom stereocenters. The van der Waals surface area contributed by atoms with Crippen LogP contribution in [-0.4, -0.2) is 20.9 Å². The molecule has 0 atom stereocenters. The molecule has 106 valence electrons. The Kier molecular flexibility index (Phi) is 3.70. The van der Waals surface area contributed by atoms with E-state index in [2.05, 4.69) is 5.10 Å². The van der Waals surface area contributed by atoms with Crippen molar-refractivity contribution in [2.45, 2.75) is 6.61 Å². The molecule has 0 saturated carbocycles. The van der Waals surface area contributed by atoms with Gasteiger partial charge in [-0.25, -0.2) is 9.48 Å². The Morgan fingerprint density at radius 3 is 2.76 bits per heavy atom. The standard InChI is InChI=1S/C15H12N2O3S/c18-15(19)13-8-16-17(12-4-2-1-3-5-12)14(13)20-9-11-6-7-21-10-11/h1-8,10H,9H2,(H,18,19). The van der Waals surface area contributed by atoms with E-state index in [0.29, 0.717) is 6.61 Å². The summed E-state index contributed by atoms with van der Waals surface area (Å²) in [6.45, 7) is 0.308. The smallest absolute Gasteiger partial charge is 0.342 e. The van der Waals surface area contributed by atoms with Crippen molar-refractivity contribution in [3.63, 3.8) is 0 Å². The maximum atomic E-state index is 11.3. The number of rotatable bonds is 5. The van der Waals surface area contributed by atoms with Crippen molar-refractivity contribution >= 4 is 17.3 Å². The number of ether oxygens (including phenoxy) is 1. The quantitative estimate of drug-likeness (QED) is 0.786. The van der Waals surface area contributed by atoms with Crippen LogP contribution in [0.15, 0.2) is 53.4 Å². The third kappa shape index (κ3) is 2.80. The Balaban J connectivity index is 1.95. The molecule has 0 bridgehead atoms. The van der Waals surface area contributed by atoms with Gasteiger partial charge in [0.2, 0.25) is 5.88 Å². The average molecular weight is 300 g/mol. The maximum absolute atomic E-state index is 11.3. The molecule has 0 spiro atoms. The van der Waals surface area contributed by atoms with Gasteiger partial charge in [0, 0.05) is 5.56 Å². The average Bonchev–Trinajstić information content (AvgIpc) is 3.15. The summed E-state index contributed by atoms with van der Waals surface area (Å²) in [5.74, 6) is -0.822. The molecule has 0 aliphatic rings.